The van der Waals surface area contributed by atoms with Crippen LogP contribution in [0.1, 0.15) is 55.1 Å². The maximum Gasteiger partial charge on any atom is 0.259 e. The fourth-order valence-electron chi connectivity index (χ4n) is 2.76. The number of nitrogens with two attached hydrogens (primary N) is 1. The van der Waals surface area contributed by atoms with Gasteiger partial charge in [-0.1, -0.05) is 12.1 Å². The largest absolute Gasteiger partial charge is 0.361 e. The molecule has 0 unspecified atom stereocenters. The zero-order valence-corrected chi connectivity index (χ0v) is 11.8. The second-order valence-corrected chi connectivity index (χ2v) is 5.36. The number of aromatic nitrogens is 1. The first-order valence-electron chi connectivity index (χ1n) is 7.11. The van der Waals surface area contributed by atoms with E-state index in [1.54, 1.807) is 6.92 Å². The number of amides is 1. The van der Waals surface area contributed by atoms with Crippen molar-refractivity contribution in [3.8, 4) is 0 Å². The van der Waals surface area contributed by atoms with Crippen LogP contribution >= 0.6 is 0 Å². The van der Waals surface area contributed by atoms with Gasteiger partial charge in [0, 0.05) is 18.6 Å². The lowest BCUT2D eigenvalue weighted by Crippen LogP contribution is -2.44. The Bertz CT molecular complexity index is 422. The van der Waals surface area contributed by atoms with Crippen molar-refractivity contribution >= 4 is 5.91 Å². The van der Waals surface area contributed by atoms with Crippen molar-refractivity contribution < 1.29 is 9.32 Å². The SMILES string of the molecule is CCCN(C(=O)c1cnoc1C)C1CCC(N)CC1. The van der Waals surface area contributed by atoms with Gasteiger partial charge in [-0.05, 0) is 39.0 Å². The van der Waals surface area contributed by atoms with Crippen molar-refractivity contribution in [2.45, 2.75) is 58.0 Å². The van der Waals surface area contributed by atoms with Gasteiger partial charge in [0.25, 0.3) is 5.91 Å². The molecule has 0 radical (unpaired) electrons. The summed E-state index contributed by atoms with van der Waals surface area (Å²) in [4.78, 5) is 14.6. The molecule has 5 nitrogen and oxygen atoms in total. The Labute approximate surface area is 114 Å². The van der Waals surface area contributed by atoms with Crippen molar-refractivity contribution in [2.75, 3.05) is 6.54 Å². The molecule has 0 aliphatic heterocycles. The first-order valence-corrected chi connectivity index (χ1v) is 7.11. The molecule has 0 atom stereocenters. The fraction of sp³-hybridized carbons (Fsp3) is 0.714. The first kappa shape index (κ1) is 14.1. The summed E-state index contributed by atoms with van der Waals surface area (Å²) in [7, 11) is 0. The van der Waals surface area contributed by atoms with Crippen LogP contribution in [0.3, 0.4) is 0 Å². The monoisotopic (exact) mass is 265 g/mol. The predicted molar refractivity (Wildman–Crippen MR) is 72.8 cm³/mol. The Morgan fingerprint density at radius 2 is 2.16 bits per heavy atom. The molecule has 1 aromatic rings. The van der Waals surface area contributed by atoms with Gasteiger partial charge in [-0.25, -0.2) is 0 Å². The van der Waals surface area contributed by atoms with E-state index < -0.39 is 0 Å². The van der Waals surface area contributed by atoms with Crippen LogP contribution in [0.4, 0.5) is 0 Å². The van der Waals surface area contributed by atoms with Gasteiger partial charge >= 0.3 is 0 Å². The number of carbonyl (C=O) groups is 1. The smallest absolute Gasteiger partial charge is 0.259 e. The number of carbonyl (C=O) groups excluding carboxylic acids is 1. The molecule has 106 valence electrons. The molecule has 1 saturated carbocycles. The molecule has 0 saturated heterocycles. The lowest BCUT2D eigenvalue weighted by molar-refractivity contribution is 0.0625. The summed E-state index contributed by atoms with van der Waals surface area (Å²) in [6.07, 6.45) is 6.48. The third-order valence-corrected chi connectivity index (χ3v) is 3.89. The minimum absolute atomic E-state index is 0.0427. The molecule has 19 heavy (non-hydrogen) atoms. The number of aryl methyl sites for hydroxylation is 1. The summed E-state index contributed by atoms with van der Waals surface area (Å²) in [6.45, 7) is 4.65. The van der Waals surface area contributed by atoms with E-state index in [2.05, 4.69) is 12.1 Å². The zero-order valence-electron chi connectivity index (χ0n) is 11.8. The Kier molecular flexibility index (Phi) is 4.58. The molecule has 1 heterocycles. The molecule has 1 fully saturated rings. The lowest BCUT2D eigenvalue weighted by Gasteiger charge is -2.35. The Morgan fingerprint density at radius 1 is 1.47 bits per heavy atom. The fourth-order valence-corrected chi connectivity index (χ4v) is 2.76. The highest BCUT2D eigenvalue weighted by atomic mass is 16.5. The minimum atomic E-state index is 0.0427. The average Bonchev–Trinajstić information content (AvgIpc) is 2.83. The van der Waals surface area contributed by atoms with Crippen LogP contribution in [0.25, 0.3) is 0 Å². The topological polar surface area (TPSA) is 72.4 Å². The molecular formula is C14H23N3O2. The van der Waals surface area contributed by atoms with E-state index in [-0.39, 0.29) is 5.91 Å². The van der Waals surface area contributed by atoms with E-state index in [1.807, 2.05) is 4.90 Å². The van der Waals surface area contributed by atoms with Gasteiger partial charge in [0.1, 0.15) is 11.3 Å². The van der Waals surface area contributed by atoms with E-state index in [0.29, 0.717) is 23.4 Å². The van der Waals surface area contributed by atoms with Gasteiger partial charge in [0.15, 0.2) is 0 Å². The van der Waals surface area contributed by atoms with E-state index >= 15 is 0 Å². The van der Waals surface area contributed by atoms with Gasteiger partial charge in [-0.2, -0.15) is 0 Å². The average molecular weight is 265 g/mol. The van der Waals surface area contributed by atoms with E-state index in [9.17, 15) is 4.79 Å². The Hall–Kier alpha value is -1.36. The molecule has 0 aromatic carbocycles. The third-order valence-electron chi connectivity index (χ3n) is 3.89. The summed E-state index contributed by atoms with van der Waals surface area (Å²) < 4.78 is 5.00. The molecule has 1 aliphatic carbocycles. The highest BCUT2D eigenvalue weighted by Crippen LogP contribution is 2.24. The van der Waals surface area contributed by atoms with E-state index in [4.69, 9.17) is 10.3 Å². The van der Waals surface area contributed by atoms with Crippen molar-refractivity contribution in [3.63, 3.8) is 0 Å². The number of rotatable bonds is 4. The zero-order chi connectivity index (χ0) is 13.8. The van der Waals surface area contributed by atoms with Gasteiger partial charge in [-0.3, -0.25) is 4.79 Å². The van der Waals surface area contributed by atoms with Gasteiger partial charge in [-0.15, -0.1) is 0 Å². The maximum atomic E-state index is 12.6. The van der Waals surface area contributed by atoms with Crippen LogP contribution in [0, 0.1) is 6.92 Å². The number of hydrogen-bond donors (Lipinski definition) is 1. The van der Waals surface area contributed by atoms with Crippen LogP contribution in [0.2, 0.25) is 0 Å². The molecule has 1 amide bonds. The highest BCUT2D eigenvalue weighted by Gasteiger charge is 2.29. The highest BCUT2D eigenvalue weighted by molar-refractivity contribution is 5.95. The number of hydrogen-bond acceptors (Lipinski definition) is 4. The van der Waals surface area contributed by atoms with Crippen molar-refractivity contribution in [3.05, 3.63) is 17.5 Å². The lowest BCUT2D eigenvalue weighted by atomic mass is 9.90. The van der Waals surface area contributed by atoms with Gasteiger partial charge < -0.3 is 15.2 Å². The van der Waals surface area contributed by atoms with E-state index in [0.717, 1.165) is 38.6 Å². The molecule has 5 heteroatoms. The maximum absolute atomic E-state index is 12.6. The quantitative estimate of drug-likeness (QED) is 0.905. The van der Waals surface area contributed by atoms with E-state index in [1.165, 1.54) is 6.20 Å². The first-order chi connectivity index (χ1) is 9.13. The Morgan fingerprint density at radius 3 is 2.68 bits per heavy atom. The molecule has 1 aliphatic rings. The summed E-state index contributed by atoms with van der Waals surface area (Å²) >= 11 is 0. The second kappa shape index (κ2) is 6.19. The summed E-state index contributed by atoms with van der Waals surface area (Å²) in [5.74, 6) is 0.639. The molecular weight excluding hydrogens is 242 g/mol. The van der Waals surface area contributed by atoms with Gasteiger partial charge in [0.2, 0.25) is 0 Å². The molecule has 2 rings (SSSR count). The second-order valence-electron chi connectivity index (χ2n) is 5.36. The minimum Gasteiger partial charge on any atom is -0.361 e. The van der Waals surface area contributed by atoms with Crippen LogP contribution in [0.5, 0.6) is 0 Å². The van der Waals surface area contributed by atoms with Crippen LogP contribution in [-0.2, 0) is 0 Å². The molecule has 0 bridgehead atoms. The molecule has 2 N–H and O–H groups in total. The van der Waals surface area contributed by atoms with Crippen LogP contribution in [-0.4, -0.2) is 34.6 Å². The van der Waals surface area contributed by atoms with Gasteiger partial charge in [0.05, 0.1) is 6.20 Å². The summed E-state index contributed by atoms with van der Waals surface area (Å²) in [6, 6.07) is 0.605. The third kappa shape index (κ3) is 3.15. The van der Waals surface area contributed by atoms with Crippen molar-refractivity contribution in [1.82, 2.24) is 10.1 Å². The summed E-state index contributed by atoms with van der Waals surface area (Å²) in [5, 5.41) is 3.70. The van der Waals surface area contributed by atoms with Crippen molar-refractivity contribution in [2.24, 2.45) is 5.73 Å². The standard InChI is InChI=1S/C14H23N3O2/c1-3-8-17(12-6-4-11(15)5-7-12)14(18)13-9-16-19-10(13)2/h9,11-12H,3-8,15H2,1-2H3. The van der Waals surface area contributed by atoms with Crippen molar-refractivity contribution in [1.29, 1.82) is 0 Å². The van der Waals surface area contributed by atoms with Crippen LogP contribution in [0.15, 0.2) is 10.7 Å². The summed E-state index contributed by atoms with van der Waals surface area (Å²) in [5.41, 5.74) is 6.52. The molecule has 0 spiro atoms. The molecule has 1 aromatic heterocycles. The normalized spacial score (nSPS) is 23.3. The Balaban J connectivity index is 2.11. The predicted octanol–water partition coefficient (Wildman–Crippen LogP) is 2.11. The number of nitrogens with zero attached hydrogens (tertiary/aromatic N) is 2. The van der Waals surface area contributed by atoms with Crippen LogP contribution < -0.4 is 5.73 Å².